The number of hydrogen-bond acceptors (Lipinski definition) is 4. The van der Waals surface area contributed by atoms with E-state index >= 15 is 0 Å². The van der Waals surface area contributed by atoms with E-state index in [2.05, 4.69) is 41.3 Å². The SMILES string of the molecule is COc1ccc(C(=O)N2CCN([C@H](c3ccccc3)c3ccc(Cl)cc3)CC2)c(OC)c1. The molecule has 0 bridgehead atoms. The van der Waals surface area contributed by atoms with Crippen molar-refractivity contribution in [1.82, 2.24) is 9.80 Å². The van der Waals surface area contributed by atoms with Gasteiger partial charge < -0.3 is 14.4 Å². The van der Waals surface area contributed by atoms with Gasteiger partial charge in [-0.1, -0.05) is 54.1 Å². The number of amides is 1. The van der Waals surface area contributed by atoms with E-state index in [9.17, 15) is 4.79 Å². The van der Waals surface area contributed by atoms with Crippen molar-refractivity contribution in [2.75, 3.05) is 40.4 Å². The number of carbonyl (C=O) groups is 1. The highest BCUT2D eigenvalue weighted by Gasteiger charge is 2.29. The van der Waals surface area contributed by atoms with Gasteiger partial charge >= 0.3 is 0 Å². The molecule has 1 saturated heterocycles. The molecule has 1 heterocycles. The lowest BCUT2D eigenvalue weighted by Crippen LogP contribution is -2.49. The molecule has 5 nitrogen and oxygen atoms in total. The predicted octanol–water partition coefficient (Wildman–Crippen LogP) is 4.90. The van der Waals surface area contributed by atoms with Crippen LogP contribution in [0.15, 0.2) is 72.8 Å². The Hall–Kier alpha value is -3.02. The molecule has 1 amide bonds. The molecule has 6 heteroatoms. The van der Waals surface area contributed by atoms with E-state index in [1.807, 2.05) is 23.1 Å². The Balaban J connectivity index is 1.52. The number of hydrogen-bond donors (Lipinski definition) is 0. The maximum absolute atomic E-state index is 13.2. The van der Waals surface area contributed by atoms with E-state index in [1.54, 1.807) is 32.4 Å². The molecular weight excluding hydrogens is 424 g/mol. The summed E-state index contributed by atoms with van der Waals surface area (Å²) >= 11 is 6.13. The molecule has 0 unspecified atom stereocenters. The predicted molar refractivity (Wildman–Crippen MR) is 127 cm³/mol. The summed E-state index contributed by atoms with van der Waals surface area (Å²) in [6, 6.07) is 23.9. The summed E-state index contributed by atoms with van der Waals surface area (Å²) in [5.41, 5.74) is 2.97. The van der Waals surface area contributed by atoms with Crippen LogP contribution < -0.4 is 9.47 Å². The van der Waals surface area contributed by atoms with Crippen molar-refractivity contribution in [1.29, 1.82) is 0 Å². The van der Waals surface area contributed by atoms with Crippen molar-refractivity contribution < 1.29 is 14.3 Å². The van der Waals surface area contributed by atoms with Crippen LogP contribution in [0.25, 0.3) is 0 Å². The van der Waals surface area contributed by atoms with Gasteiger partial charge in [0.25, 0.3) is 5.91 Å². The zero-order valence-electron chi connectivity index (χ0n) is 18.3. The minimum atomic E-state index is -0.0214. The third-order valence-electron chi connectivity index (χ3n) is 5.91. The van der Waals surface area contributed by atoms with Crippen LogP contribution in [-0.2, 0) is 0 Å². The first-order valence-corrected chi connectivity index (χ1v) is 11.0. The first-order valence-electron chi connectivity index (χ1n) is 10.7. The number of halogens is 1. The Morgan fingerprint density at radius 1 is 0.844 bits per heavy atom. The number of methoxy groups -OCH3 is 2. The third-order valence-corrected chi connectivity index (χ3v) is 6.16. The summed E-state index contributed by atoms with van der Waals surface area (Å²) in [6.45, 7) is 2.83. The van der Waals surface area contributed by atoms with Gasteiger partial charge in [-0.2, -0.15) is 0 Å². The van der Waals surface area contributed by atoms with Crippen LogP contribution in [-0.4, -0.2) is 56.1 Å². The van der Waals surface area contributed by atoms with Gasteiger partial charge in [-0.25, -0.2) is 0 Å². The fourth-order valence-electron chi connectivity index (χ4n) is 4.22. The van der Waals surface area contributed by atoms with E-state index in [0.717, 1.165) is 18.1 Å². The Kier molecular flexibility index (Phi) is 6.98. The smallest absolute Gasteiger partial charge is 0.257 e. The lowest BCUT2D eigenvalue weighted by molar-refractivity contribution is 0.0594. The fraction of sp³-hybridized carbons (Fsp3) is 0.269. The minimum absolute atomic E-state index is 0.0214. The van der Waals surface area contributed by atoms with Gasteiger partial charge in [0.05, 0.1) is 25.8 Å². The summed E-state index contributed by atoms with van der Waals surface area (Å²) in [5, 5.41) is 0.726. The van der Waals surface area contributed by atoms with E-state index in [4.69, 9.17) is 21.1 Å². The Morgan fingerprint density at radius 2 is 1.50 bits per heavy atom. The van der Waals surface area contributed by atoms with Crippen molar-refractivity contribution in [2.24, 2.45) is 0 Å². The minimum Gasteiger partial charge on any atom is -0.497 e. The second kappa shape index (κ2) is 10.1. The molecule has 1 fully saturated rings. The monoisotopic (exact) mass is 450 g/mol. The standard InChI is InChI=1S/C26H27ClN2O3/c1-31-22-12-13-23(24(18-22)32-2)26(30)29-16-14-28(15-17-29)25(19-6-4-3-5-7-19)20-8-10-21(27)11-9-20/h3-13,18,25H,14-17H2,1-2H3/t25-/m1/s1. The van der Waals surface area contributed by atoms with Crippen molar-refractivity contribution >= 4 is 17.5 Å². The summed E-state index contributed by atoms with van der Waals surface area (Å²) in [5.74, 6) is 1.17. The van der Waals surface area contributed by atoms with Crippen LogP contribution >= 0.6 is 11.6 Å². The van der Waals surface area contributed by atoms with Gasteiger partial charge in [0, 0.05) is 37.3 Å². The number of rotatable bonds is 6. The molecule has 0 N–H and O–H groups in total. The zero-order valence-corrected chi connectivity index (χ0v) is 19.1. The second-order valence-electron chi connectivity index (χ2n) is 7.76. The van der Waals surface area contributed by atoms with Gasteiger partial charge in [0.15, 0.2) is 0 Å². The largest absolute Gasteiger partial charge is 0.497 e. The van der Waals surface area contributed by atoms with E-state index in [-0.39, 0.29) is 11.9 Å². The lowest BCUT2D eigenvalue weighted by Gasteiger charge is -2.40. The fourth-order valence-corrected chi connectivity index (χ4v) is 4.35. The molecule has 1 atom stereocenters. The number of piperazine rings is 1. The van der Waals surface area contributed by atoms with Crippen molar-refractivity contribution in [3.8, 4) is 11.5 Å². The van der Waals surface area contributed by atoms with Crippen LogP contribution in [0.3, 0.4) is 0 Å². The number of nitrogens with zero attached hydrogens (tertiary/aromatic N) is 2. The summed E-state index contributed by atoms with van der Waals surface area (Å²) in [4.78, 5) is 17.5. The lowest BCUT2D eigenvalue weighted by atomic mass is 9.96. The average Bonchev–Trinajstić information content (AvgIpc) is 2.85. The van der Waals surface area contributed by atoms with Crippen LogP contribution in [0.4, 0.5) is 0 Å². The molecule has 0 spiro atoms. The highest BCUT2D eigenvalue weighted by atomic mass is 35.5. The quantitative estimate of drug-likeness (QED) is 0.535. The summed E-state index contributed by atoms with van der Waals surface area (Å²) in [6.07, 6.45) is 0. The van der Waals surface area contributed by atoms with Gasteiger partial charge in [-0.05, 0) is 35.4 Å². The van der Waals surface area contributed by atoms with Crippen LogP contribution in [0.1, 0.15) is 27.5 Å². The molecule has 3 aromatic rings. The molecule has 3 aromatic carbocycles. The first-order chi connectivity index (χ1) is 15.6. The molecule has 4 rings (SSSR count). The maximum Gasteiger partial charge on any atom is 0.257 e. The van der Waals surface area contributed by atoms with E-state index < -0.39 is 0 Å². The second-order valence-corrected chi connectivity index (χ2v) is 8.20. The molecule has 0 saturated carbocycles. The van der Waals surface area contributed by atoms with Crippen LogP contribution in [0, 0.1) is 0 Å². The zero-order chi connectivity index (χ0) is 22.5. The highest BCUT2D eigenvalue weighted by Crippen LogP contribution is 2.31. The number of ether oxygens (including phenoxy) is 2. The van der Waals surface area contributed by atoms with Gasteiger partial charge in [-0.15, -0.1) is 0 Å². The highest BCUT2D eigenvalue weighted by molar-refractivity contribution is 6.30. The first kappa shape index (κ1) is 22.2. The molecule has 0 aromatic heterocycles. The Labute approximate surface area is 194 Å². The molecule has 166 valence electrons. The van der Waals surface area contributed by atoms with Crippen molar-refractivity contribution in [2.45, 2.75) is 6.04 Å². The average molecular weight is 451 g/mol. The maximum atomic E-state index is 13.2. The Morgan fingerprint density at radius 3 is 2.12 bits per heavy atom. The molecular formula is C26H27ClN2O3. The van der Waals surface area contributed by atoms with Crippen molar-refractivity contribution in [3.63, 3.8) is 0 Å². The number of benzene rings is 3. The third kappa shape index (κ3) is 4.74. The van der Waals surface area contributed by atoms with E-state index in [1.165, 1.54) is 11.1 Å². The summed E-state index contributed by atoms with van der Waals surface area (Å²) in [7, 11) is 3.17. The van der Waals surface area contributed by atoms with Gasteiger partial charge in [-0.3, -0.25) is 9.69 Å². The van der Waals surface area contributed by atoms with Gasteiger partial charge in [0.1, 0.15) is 11.5 Å². The molecule has 1 aliphatic heterocycles. The number of carbonyl (C=O) groups excluding carboxylic acids is 1. The molecule has 1 aliphatic rings. The molecule has 0 radical (unpaired) electrons. The molecule has 32 heavy (non-hydrogen) atoms. The topological polar surface area (TPSA) is 42.0 Å². The van der Waals surface area contributed by atoms with Crippen molar-refractivity contribution in [3.05, 3.63) is 94.5 Å². The van der Waals surface area contributed by atoms with E-state index in [0.29, 0.717) is 30.2 Å². The Bertz CT molecular complexity index is 1050. The molecule has 0 aliphatic carbocycles. The van der Waals surface area contributed by atoms with Gasteiger partial charge in [0.2, 0.25) is 0 Å². The van der Waals surface area contributed by atoms with Crippen LogP contribution in [0.2, 0.25) is 5.02 Å². The summed E-state index contributed by atoms with van der Waals surface area (Å²) < 4.78 is 10.7. The van der Waals surface area contributed by atoms with Crippen LogP contribution in [0.5, 0.6) is 11.5 Å². The normalized spacial score (nSPS) is 15.3.